The molecule has 0 spiro atoms. The number of anilines is 1. The number of morpholine rings is 1. The number of hydrogen-bond acceptors (Lipinski definition) is 7. The van der Waals surface area contributed by atoms with Crippen LogP contribution in [0.25, 0.3) is 0 Å². The Morgan fingerprint density at radius 3 is 3.05 bits per heavy atom. The van der Waals surface area contributed by atoms with Crippen LogP contribution in [0.1, 0.15) is 31.7 Å². The Kier molecular flexibility index (Phi) is 3.89. The second kappa shape index (κ2) is 5.82. The number of aromatic nitrogens is 4. The Morgan fingerprint density at radius 1 is 1.48 bits per heavy atom. The molecule has 1 atom stereocenters. The number of rotatable bonds is 4. The molecule has 3 rings (SSSR count). The summed E-state index contributed by atoms with van der Waals surface area (Å²) < 4.78 is 12.7. The number of nitrogens with two attached hydrogens (primary N) is 1. The Hall–Kier alpha value is -1.93. The predicted octanol–water partition coefficient (Wildman–Crippen LogP) is 0.678. The van der Waals surface area contributed by atoms with Gasteiger partial charge in [0.15, 0.2) is 0 Å². The van der Waals surface area contributed by atoms with E-state index in [1.54, 1.807) is 17.1 Å². The smallest absolute Gasteiger partial charge is 0.248 e. The lowest BCUT2D eigenvalue weighted by Crippen LogP contribution is -2.42. The van der Waals surface area contributed by atoms with Gasteiger partial charge < -0.3 is 15.0 Å². The maximum Gasteiger partial charge on any atom is 0.248 e. The van der Waals surface area contributed by atoms with Gasteiger partial charge in [-0.3, -0.25) is 9.58 Å². The summed E-state index contributed by atoms with van der Waals surface area (Å²) in [6.07, 6.45) is 3.17. The summed E-state index contributed by atoms with van der Waals surface area (Å²) >= 11 is 0. The highest BCUT2D eigenvalue weighted by atomic mass is 16.5. The van der Waals surface area contributed by atoms with E-state index in [1.165, 1.54) is 0 Å². The summed E-state index contributed by atoms with van der Waals surface area (Å²) in [5.74, 6) is 1.09. The highest BCUT2D eigenvalue weighted by Crippen LogP contribution is 2.21. The van der Waals surface area contributed by atoms with Crippen LogP contribution in [-0.4, -0.2) is 50.6 Å². The van der Waals surface area contributed by atoms with Crippen molar-refractivity contribution in [1.29, 1.82) is 0 Å². The van der Waals surface area contributed by atoms with Crippen LogP contribution in [0.3, 0.4) is 0 Å². The second-order valence-electron chi connectivity index (χ2n) is 5.47. The molecule has 2 aromatic heterocycles. The topological polar surface area (TPSA) is 95.2 Å². The average Bonchev–Trinajstić information content (AvgIpc) is 3.09. The molecule has 1 unspecified atom stereocenters. The molecule has 0 aromatic carbocycles. The van der Waals surface area contributed by atoms with Gasteiger partial charge in [0.05, 0.1) is 18.5 Å². The van der Waals surface area contributed by atoms with Gasteiger partial charge in [0, 0.05) is 25.3 Å². The number of ether oxygens (including phenoxy) is 1. The van der Waals surface area contributed by atoms with E-state index in [2.05, 4.69) is 34.0 Å². The van der Waals surface area contributed by atoms with Crippen LogP contribution >= 0.6 is 0 Å². The summed E-state index contributed by atoms with van der Waals surface area (Å²) in [5.41, 5.74) is 6.23. The molecule has 0 radical (unpaired) electrons. The molecule has 1 saturated heterocycles. The highest BCUT2D eigenvalue weighted by Gasteiger charge is 2.27. The zero-order valence-corrected chi connectivity index (χ0v) is 12.3. The highest BCUT2D eigenvalue weighted by molar-refractivity contribution is 5.30. The minimum absolute atomic E-state index is 0.138. The second-order valence-corrected chi connectivity index (χ2v) is 5.47. The van der Waals surface area contributed by atoms with Crippen LogP contribution in [0.15, 0.2) is 16.9 Å². The van der Waals surface area contributed by atoms with Crippen molar-refractivity contribution in [2.24, 2.45) is 0 Å². The lowest BCUT2D eigenvalue weighted by molar-refractivity contribution is -0.0450. The zero-order chi connectivity index (χ0) is 14.8. The summed E-state index contributed by atoms with van der Waals surface area (Å²) in [6.45, 7) is 7.16. The first-order valence-electron chi connectivity index (χ1n) is 7.08. The van der Waals surface area contributed by atoms with Gasteiger partial charge in [-0.2, -0.15) is 10.1 Å². The average molecular weight is 292 g/mol. The fourth-order valence-electron chi connectivity index (χ4n) is 2.36. The van der Waals surface area contributed by atoms with Gasteiger partial charge in [-0.25, -0.2) is 0 Å². The van der Waals surface area contributed by atoms with Crippen molar-refractivity contribution < 1.29 is 9.26 Å². The van der Waals surface area contributed by atoms with Gasteiger partial charge in [0.2, 0.25) is 11.7 Å². The Labute approximate surface area is 122 Å². The molecule has 1 aliphatic heterocycles. The maximum atomic E-state index is 5.74. The van der Waals surface area contributed by atoms with Gasteiger partial charge in [0.25, 0.3) is 0 Å². The van der Waals surface area contributed by atoms with Crippen molar-refractivity contribution in [2.45, 2.75) is 32.5 Å². The van der Waals surface area contributed by atoms with Crippen LogP contribution in [0, 0.1) is 0 Å². The maximum absolute atomic E-state index is 5.74. The van der Waals surface area contributed by atoms with Crippen molar-refractivity contribution >= 4 is 5.69 Å². The molecule has 8 heteroatoms. The molecule has 1 fully saturated rings. The molecule has 21 heavy (non-hydrogen) atoms. The summed E-state index contributed by atoms with van der Waals surface area (Å²) in [6, 6.07) is 0.481. The van der Waals surface area contributed by atoms with Crippen LogP contribution < -0.4 is 5.73 Å². The monoisotopic (exact) mass is 292 g/mol. The van der Waals surface area contributed by atoms with E-state index in [1.807, 2.05) is 0 Å². The lowest BCUT2D eigenvalue weighted by atomic mass is 10.2. The van der Waals surface area contributed by atoms with Crippen LogP contribution in [0.5, 0.6) is 0 Å². The van der Waals surface area contributed by atoms with Gasteiger partial charge in [-0.15, -0.1) is 0 Å². The molecule has 8 nitrogen and oxygen atoms in total. The Balaban J connectivity index is 1.66. The van der Waals surface area contributed by atoms with E-state index in [0.717, 1.165) is 13.1 Å². The molecule has 3 heterocycles. The van der Waals surface area contributed by atoms with Crippen LogP contribution in [0.2, 0.25) is 0 Å². The van der Waals surface area contributed by atoms with Crippen molar-refractivity contribution in [3.8, 4) is 0 Å². The zero-order valence-electron chi connectivity index (χ0n) is 12.3. The molecule has 0 aliphatic carbocycles. The Bertz CT molecular complexity index is 593. The van der Waals surface area contributed by atoms with Gasteiger partial charge in [0.1, 0.15) is 12.6 Å². The van der Waals surface area contributed by atoms with Gasteiger partial charge >= 0.3 is 0 Å². The van der Waals surface area contributed by atoms with Crippen molar-refractivity contribution in [2.75, 3.05) is 25.4 Å². The summed E-state index contributed by atoms with van der Waals surface area (Å²) in [7, 11) is 0. The number of nitrogen functional groups attached to an aromatic ring is 1. The first kappa shape index (κ1) is 14.0. The molecule has 0 saturated carbocycles. The molecule has 0 bridgehead atoms. The van der Waals surface area contributed by atoms with Crippen molar-refractivity contribution in [1.82, 2.24) is 24.8 Å². The fourth-order valence-corrected chi connectivity index (χ4v) is 2.36. The van der Waals surface area contributed by atoms with E-state index in [-0.39, 0.29) is 6.10 Å². The lowest BCUT2D eigenvalue weighted by Gasteiger charge is -2.34. The molecule has 1 aliphatic rings. The minimum atomic E-state index is -0.138. The standard InChI is InChI=1S/C13H20N6O2/c1-9(2)18-3-4-20-11(7-18)13-16-12(21-17-13)8-19-6-10(14)5-15-19/h5-6,9,11H,3-4,7-8,14H2,1-2H3. The van der Waals surface area contributed by atoms with E-state index in [4.69, 9.17) is 15.0 Å². The first-order chi connectivity index (χ1) is 10.1. The summed E-state index contributed by atoms with van der Waals surface area (Å²) in [4.78, 5) is 6.75. The SMILES string of the molecule is CC(C)N1CCOC(c2noc(Cn3cc(N)cn3)n2)C1. The third kappa shape index (κ3) is 3.22. The number of nitrogens with zero attached hydrogens (tertiary/aromatic N) is 5. The molecular weight excluding hydrogens is 272 g/mol. The van der Waals surface area contributed by atoms with Gasteiger partial charge in [-0.1, -0.05) is 5.16 Å². The molecule has 114 valence electrons. The van der Waals surface area contributed by atoms with Crippen molar-refractivity contribution in [3.63, 3.8) is 0 Å². The van der Waals surface area contributed by atoms with Crippen molar-refractivity contribution in [3.05, 3.63) is 24.1 Å². The van der Waals surface area contributed by atoms with Crippen LogP contribution in [0.4, 0.5) is 5.69 Å². The molecular formula is C13H20N6O2. The fraction of sp³-hybridized carbons (Fsp3) is 0.615. The molecule has 2 aromatic rings. The summed E-state index contributed by atoms with van der Waals surface area (Å²) in [5, 5.41) is 8.12. The minimum Gasteiger partial charge on any atom is -0.396 e. The first-order valence-corrected chi connectivity index (χ1v) is 7.08. The van der Waals surface area contributed by atoms with Crippen LogP contribution in [-0.2, 0) is 11.3 Å². The van der Waals surface area contributed by atoms with Gasteiger partial charge in [-0.05, 0) is 13.8 Å². The molecule has 0 amide bonds. The number of hydrogen-bond donors (Lipinski definition) is 1. The Morgan fingerprint density at radius 2 is 2.33 bits per heavy atom. The third-order valence-electron chi connectivity index (χ3n) is 3.55. The van der Waals surface area contributed by atoms with E-state index in [9.17, 15) is 0 Å². The third-order valence-corrected chi connectivity index (χ3v) is 3.55. The predicted molar refractivity (Wildman–Crippen MR) is 75.4 cm³/mol. The van der Waals surface area contributed by atoms with E-state index in [0.29, 0.717) is 36.6 Å². The quantitative estimate of drug-likeness (QED) is 0.885. The van der Waals surface area contributed by atoms with E-state index < -0.39 is 0 Å². The van der Waals surface area contributed by atoms with E-state index >= 15 is 0 Å². The normalized spacial score (nSPS) is 20.2. The largest absolute Gasteiger partial charge is 0.396 e. The molecule has 2 N–H and O–H groups in total.